The summed E-state index contributed by atoms with van der Waals surface area (Å²) in [7, 11) is -1.74. The second-order valence-corrected chi connectivity index (χ2v) is 7.84. The second-order valence-electron chi connectivity index (χ2n) is 5.84. The first-order valence-electron chi connectivity index (χ1n) is 7.59. The Hall–Kier alpha value is -0.910. The Labute approximate surface area is 129 Å². The summed E-state index contributed by atoms with van der Waals surface area (Å²) >= 11 is 0. The van der Waals surface area contributed by atoms with E-state index in [9.17, 15) is 8.42 Å². The first-order valence-corrected chi connectivity index (χ1v) is 9.03. The fourth-order valence-electron chi connectivity index (χ4n) is 2.10. The van der Waals surface area contributed by atoms with Gasteiger partial charge in [-0.15, -0.1) is 0 Å². The fourth-order valence-corrected chi connectivity index (χ4v) is 3.50. The summed E-state index contributed by atoms with van der Waals surface area (Å²) in [5, 5.41) is 3.32. The SMILES string of the molecule is CCCC(C)N(C)S(=O)(=O)c1ccc(CNC(C)C)cc1. The van der Waals surface area contributed by atoms with Gasteiger partial charge in [-0.3, -0.25) is 0 Å². The van der Waals surface area contributed by atoms with E-state index in [0.29, 0.717) is 10.9 Å². The Kier molecular flexibility index (Phi) is 6.84. The standard InChI is InChI=1S/C16H28N2O2S/c1-6-7-14(4)18(5)21(19,20)16-10-8-15(9-11-16)12-17-13(2)3/h8-11,13-14,17H,6-7,12H2,1-5H3. The van der Waals surface area contributed by atoms with E-state index in [-0.39, 0.29) is 6.04 Å². The lowest BCUT2D eigenvalue weighted by Gasteiger charge is -2.24. The molecule has 0 fully saturated rings. The summed E-state index contributed by atoms with van der Waals surface area (Å²) in [6.07, 6.45) is 1.84. The van der Waals surface area contributed by atoms with Gasteiger partial charge >= 0.3 is 0 Å². The molecule has 0 saturated carbocycles. The molecule has 0 bridgehead atoms. The van der Waals surface area contributed by atoms with Crippen LogP contribution in [0.15, 0.2) is 29.2 Å². The average molecular weight is 312 g/mol. The van der Waals surface area contributed by atoms with Crippen LogP contribution >= 0.6 is 0 Å². The van der Waals surface area contributed by atoms with Crippen molar-refractivity contribution in [2.24, 2.45) is 0 Å². The first-order chi connectivity index (χ1) is 9.78. The molecule has 5 heteroatoms. The Morgan fingerprint density at radius 2 is 1.71 bits per heavy atom. The zero-order valence-corrected chi connectivity index (χ0v) is 14.6. The van der Waals surface area contributed by atoms with Gasteiger partial charge in [0, 0.05) is 25.7 Å². The number of rotatable bonds is 8. The highest BCUT2D eigenvalue weighted by atomic mass is 32.2. The van der Waals surface area contributed by atoms with Gasteiger partial charge in [-0.2, -0.15) is 4.31 Å². The molecule has 0 spiro atoms. The van der Waals surface area contributed by atoms with E-state index in [0.717, 1.165) is 24.9 Å². The lowest BCUT2D eigenvalue weighted by Crippen LogP contribution is -2.35. The predicted molar refractivity (Wildman–Crippen MR) is 87.7 cm³/mol. The van der Waals surface area contributed by atoms with Gasteiger partial charge in [0.25, 0.3) is 0 Å². The molecule has 120 valence electrons. The summed E-state index contributed by atoms with van der Waals surface area (Å²) < 4.78 is 26.5. The molecule has 0 aromatic heterocycles. The van der Waals surface area contributed by atoms with Crippen LogP contribution in [0.3, 0.4) is 0 Å². The fraction of sp³-hybridized carbons (Fsp3) is 0.625. The van der Waals surface area contributed by atoms with Crippen LogP contribution in [0, 0.1) is 0 Å². The maximum absolute atomic E-state index is 12.5. The Morgan fingerprint density at radius 1 is 1.14 bits per heavy atom. The van der Waals surface area contributed by atoms with Crippen molar-refractivity contribution in [3.63, 3.8) is 0 Å². The Morgan fingerprint density at radius 3 is 2.19 bits per heavy atom. The van der Waals surface area contributed by atoms with Crippen molar-refractivity contribution in [3.8, 4) is 0 Å². The monoisotopic (exact) mass is 312 g/mol. The molecule has 1 atom stereocenters. The third-order valence-electron chi connectivity index (χ3n) is 3.64. The number of nitrogens with zero attached hydrogens (tertiary/aromatic N) is 1. The molecule has 1 unspecified atom stereocenters. The van der Waals surface area contributed by atoms with Crippen molar-refractivity contribution in [1.29, 1.82) is 0 Å². The summed E-state index contributed by atoms with van der Waals surface area (Å²) in [6.45, 7) is 8.93. The van der Waals surface area contributed by atoms with E-state index in [2.05, 4.69) is 26.1 Å². The minimum Gasteiger partial charge on any atom is -0.310 e. The minimum atomic E-state index is -3.40. The van der Waals surface area contributed by atoms with E-state index in [4.69, 9.17) is 0 Å². The first kappa shape index (κ1) is 18.1. The summed E-state index contributed by atoms with van der Waals surface area (Å²) in [5.74, 6) is 0. The Bertz CT molecular complexity index is 524. The van der Waals surface area contributed by atoms with Crippen molar-refractivity contribution < 1.29 is 8.42 Å². The number of sulfonamides is 1. The molecule has 0 saturated heterocycles. The van der Waals surface area contributed by atoms with Crippen LogP contribution < -0.4 is 5.32 Å². The van der Waals surface area contributed by atoms with Crippen molar-refractivity contribution in [2.75, 3.05) is 7.05 Å². The van der Waals surface area contributed by atoms with Gasteiger partial charge in [-0.25, -0.2) is 8.42 Å². The van der Waals surface area contributed by atoms with Crippen molar-refractivity contribution >= 4 is 10.0 Å². The van der Waals surface area contributed by atoms with Crippen molar-refractivity contribution in [3.05, 3.63) is 29.8 Å². The van der Waals surface area contributed by atoms with Gasteiger partial charge in [-0.05, 0) is 31.0 Å². The van der Waals surface area contributed by atoms with Gasteiger partial charge in [0.2, 0.25) is 10.0 Å². The topological polar surface area (TPSA) is 49.4 Å². The average Bonchev–Trinajstić information content (AvgIpc) is 2.45. The van der Waals surface area contributed by atoms with E-state index in [1.807, 2.05) is 19.1 Å². The third kappa shape index (κ3) is 5.09. The van der Waals surface area contributed by atoms with Crippen LogP contribution in [0.4, 0.5) is 0 Å². The summed E-state index contributed by atoms with van der Waals surface area (Å²) in [4.78, 5) is 0.362. The van der Waals surface area contributed by atoms with E-state index in [1.165, 1.54) is 4.31 Å². The van der Waals surface area contributed by atoms with Crippen LogP contribution in [-0.2, 0) is 16.6 Å². The molecule has 0 aliphatic carbocycles. The van der Waals surface area contributed by atoms with E-state index in [1.54, 1.807) is 19.2 Å². The zero-order chi connectivity index (χ0) is 16.0. The lowest BCUT2D eigenvalue weighted by molar-refractivity contribution is 0.368. The molecule has 0 radical (unpaired) electrons. The maximum atomic E-state index is 12.5. The van der Waals surface area contributed by atoms with Gasteiger partial charge in [0.05, 0.1) is 4.90 Å². The molecule has 4 nitrogen and oxygen atoms in total. The highest BCUT2D eigenvalue weighted by Crippen LogP contribution is 2.19. The molecule has 21 heavy (non-hydrogen) atoms. The van der Waals surface area contributed by atoms with Crippen molar-refractivity contribution in [1.82, 2.24) is 9.62 Å². The molecule has 0 aliphatic heterocycles. The number of nitrogens with one attached hydrogen (secondary N) is 1. The highest BCUT2D eigenvalue weighted by Gasteiger charge is 2.24. The minimum absolute atomic E-state index is 0.0160. The molecule has 1 N–H and O–H groups in total. The number of benzene rings is 1. The largest absolute Gasteiger partial charge is 0.310 e. The molecule has 1 aromatic rings. The Balaban J connectivity index is 2.84. The molecule has 0 amide bonds. The second kappa shape index (κ2) is 7.92. The summed E-state index contributed by atoms with van der Waals surface area (Å²) in [5.41, 5.74) is 1.09. The number of hydrogen-bond donors (Lipinski definition) is 1. The van der Waals surface area contributed by atoms with E-state index < -0.39 is 10.0 Å². The molecule has 1 aromatic carbocycles. The molecular formula is C16H28N2O2S. The van der Waals surface area contributed by atoms with Crippen LogP contribution in [0.1, 0.15) is 46.1 Å². The molecule has 1 rings (SSSR count). The van der Waals surface area contributed by atoms with Gasteiger partial charge < -0.3 is 5.32 Å². The quantitative estimate of drug-likeness (QED) is 0.803. The lowest BCUT2D eigenvalue weighted by atomic mass is 10.2. The van der Waals surface area contributed by atoms with Gasteiger partial charge in [0.1, 0.15) is 0 Å². The normalized spacial score (nSPS) is 13.9. The zero-order valence-electron chi connectivity index (χ0n) is 13.8. The molecule has 0 heterocycles. The van der Waals surface area contributed by atoms with Crippen LogP contribution in [0.25, 0.3) is 0 Å². The van der Waals surface area contributed by atoms with E-state index >= 15 is 0 Å². The molecular weight excluding hydrogens is 284 g/mol. The summed E-state index contributed by atoms with van der Waals surface area (Å²) in [6, 6.07) is 7.57. The van der Waals surface area contributed by atoms with Gasteiger partial charge in [0.15, 0.2) is 0 Å². The molecule has 0 aliphatic rings. The third-order valence-corrected chi connectivity index (χ3v) is 5.63. The van der Waals surface area contributed by atoms with Crippen LogP contribution in [0.2, 0.25) is 0 Å². The highest BCUT2D eigenvalue weighted by molar-refractivity contribution is 7.89. The predicted octanol–water partition coefficient (Wildman–Crippen LogP) is 2.99. The van der Waals surface area contributed by atoms with Crippen molar-refractivity contribution in [2.45, 2.75) is 64.1 Å². The maximum Gasteiger partial charge on any atom is 0.243 e. The van der Waals surface area contributed by atoms with Crippen LogP contribution in [-0.4, -0.2) is 31.9 Å². The number of hydrogen-bond acceptors (Lipinski definition) is 3. The van der Waals surface area contributed by atoms with Gasteiger partial charge in [-0.1, -0.05) is 39.3 Å². The smallest absolute Gasteiger partial charge is 0.243 e. The van der Waals surface area contributed by atoms with Crippen LogP contribution in [0.5, 0.6) is 0 Å².